The van der Waals surface area contributed by atoms with Crippen LogP contribution in [0.15, 0.2) is 22.9 Å². The second-order valence-corrected chi connectivity index (χ2v) is 5.75. The van der Waals surface area contributed by atoms with Gasteiger partial charge in [0.05, 0.1) is 5.60 Å². The van der Waals surface area contributed by atoms with Gasteiger partial charge in [0, 0.05) is 23.3 Å². The van der Waals surface area contributed by atoms with Gasteiger partial charge in [-0.15, -0.1) is 0 Å². The number of aliphatic hydroxyl groups is 1. The number of halogens is 1. The Bertz CT molecular complexity index is 347. The molecule has 0 aromatic carbocycles. The van der Waals surface area contributed by atoms with E-state index >= 15 is 0 Å². The lowest BCUT2D eigenvalue weighted by Crippen LogP contribution is -2.27. The summed E-state index contributed by atoms with van der Waals surface area (Å²) >= 11 is 3.39. The van der Waals surface area contributed by atoms with Gasteiger partial charge in [-0.25, -0.2) is 0 Å². The molecule has 1 aliphatic carbocycles. The third-order valence-corrected chi connectivity index (χ3v) is 3.21. The van der Waals surface area contributed by atoms with E-state index in [1.165, 1.54) is 12.8 Å². The lowest BCUT2D eigenvalue weighted by molar-refractivity contribution is 0.0454. The van der Waals surface area contributed by atoms with Crippen LogP contribution < -0.4 is 0 Å². The minimum Gasteiger partial charge on any atom is -0.390 e. The fourth-order valence-corrected chi connectivity index (χ4v) is 2.42. The molecule has 0 radical (unpaired) electrons. The maximum Gasteiger partial charge on any atom is 0.0663 e. The van der Waals surface area contributed by atoms with Gasteiger partial charge >= 0.3 is 0 Å². The number of hydrogen-bond acceptors (Lipinski definition) is 2. The Morgan fingerprint density at radius 1 is 1.53 bits per heavy atom. The van der Waals surface area contributed by atoms with E-state index in [2.05, 4.69) is 20.9 Å². The van der Waals surface area contributed by atoms with Crippen molar-refractivity contribution in [2.45, 2.75) is 38.2 Å². The van der Waals surface area contributed by atoms with Gasteiger partial charge in [-0.3, -0.25) is 4.98 Å². The first kappa shape index (κ1) is 11.1. The molecule has 1 heterocycles. The SMILES string of the molecule is CC(O)(Cc1cncc(Br)c1)CC1CC1. The highest BCUT2D eigenvalue weighted by molar-refractivity contribution is 9.10. The number of hydrogen-bond donors (Lipinski definition) is 1. The number of rotatable bonds is 4. The molecule has 1 atom stereocenters. The fraction of sp³-hybridized carbons (Fsp3) is 0.583. The van der Waals surface area contributed by atoms with E-state index in [1.54, 1.807) is 6.20 Å². The number of aromatic nitrogens is 1. The molecule has 0 spiro atoms. The summed E-state index contributed by atoms with van der Waals surface area (Å²) in [5, 5.41) is 10.2. The summed E-state index contributed by atoms with van der Waals surface area (Å²) in [6, 6.07) is 2.02. The molecule has 0 bridgehead atoms. The second kappa shape index (κ2) is 4.22. The molecule has 1 aromatic heterocycles. The van der Waals surface area contributed by atoms with Crippen molar-refractivity contribution < 1.29 is 5.11 Å². The van der Waals surface area contributed by atoms with Crippen molar-refractivity contribution in [3.63, 3.8) is 0 Å². The van der Waals surface area contributed by atoms with Gasteiger partial charge < -0.3 is 5.11 Å². The maximum atomic E-state index is 10.2. The van der Waals surface area contributed by atoms with Gasteiger partial charge in [0.15, 0.2) is 0 Å². The molecule has 82 valence electrons. The Morgan fingerprint density at radius 3 is 2.87 bits per heavy atom. The highest BCUT2D eigenvalue weighted by atomic mass is 79.9. The second-order valence-electron chi connectivity index (χ2n) is 4.83. The van der Waals surface area contributed by atoms with Crippen molar-refractivity contribution in [1.29, 1.82) is 0 Å². The summed E-state index contributed by atoms with van der Waals surface area (Å²) in [5.41, 5.74) is 0.513. The van der Waals surface area contributed by atoms with Crippen LogP contribution in [-0.4, -0.2) is 15.7 Å². The Balaban J connectivity index is 1.99. The summed E-state index contributed by atoms with van der Waals surface area (Å²) in [5.74, 6) is 0.750. The Labute approximate surface area is 98.9 Å². The van der Waals surface area contributed by atoms with Gasteiger partial charge in [0.25, 0.3) is 0 Å². The van der Waals surface area contributed by atoms with Crippen LogP contribution in [0, 0.1) is 5.92 Å². The van der Waals surface area contributed by atoms with E-state index in [1.807, 2.05) is 19.2 Å². The summed E-state index contributed by atoms with van der Waals surface area (Å²) in [4.78, 5) is 4.11. The molecule has 15 heavy (non-hydrogen) atoms. The zero-order chi connectivity index (χ0) is 10.9. The van der Waals surface area contributed by atoms with Crippen molar-refractivity contribution in [1.82, 2.24) is 4.98 Å². The molecular weight excluding hydrogens is 254 g/mol. The molecule has 0 saturated heterocycles. The van der Waals surface area contributed by atoms with E-state index in [0.29, 0.717) is 6.42 Å². The molecule has 1 aromatic rings. The summed E-state index contributed by atoms with van der Waals surface area (Å²) in [7, 11) is 0. The molecule has 0 amide bonds. The minimum absolute atomic E-state index is 0.580. The van der Waals surface area contributed by atoms with Gasteiger partial charge in [-0.05, 0) is 46.8 Å². The van der Waals surface area contributed by atoms with E-state index in [0.717, 1.165) is 22.4 Å². The zero-order valence-electron chi connectivity index (χ0n) is 8.91. The van der Waals surface area contributed by atoms with Crippen molar-refractivity contribution in [3.8, 4) is 0 Å². The fourth-order valence-electron chi connectivity index (χ4n) is 2.01. The van der Waals surface area contributed by atoms with Crippen molar-refractivity contribution >= 4 is 15.9 Å². The quantitative estimate of drug-likeness (QED) is 0.912. The molecule has 0 aliphatic heterocycles. The number of pyridine rings is 1. The Hall–Kier alpha value is -0.410. The van der Waals surface area contributed by atoms with Crippen LogP contribution in [0.1, 0.15) is 31.7 Å². The predicted molar refractivity (Wildman–Crippen MR) is 63.6 cm³/mol. The van der Waals surface area contributed by atoms with Crippen molar-refractivity contribution in [2.75, 3.05) is 0 Å². The molecule has 1 unspecified atom stereocenters. The first-order valence-electron chi connectivity index (χ1n) is 5.37. The zero-order valence-corrected chi connectivity index (χ0v) is 10.5. The van der Waals surface area contributed by atoms with Crippen molar-refractivity contribution in [2.24, 2.45) is 5.92 Å². The van der Waals surface area contributed by atoms with Crippen LogP contribution in [0.25, 0.3) is 0 Å². The van der Waals surface area contributed by atoms with E-state index in [9.17, 15) is 5.11 Å². The minimum atomic E-state index is -0.580. The highest BCUT2D eigenvalue weighted by Gasteiger charge is 2.31. The maximum absolute atomic E-state index is 10.2. The van der Waals surface area contributed by atoms with E-state index in [4.69, 9.17) is 0 Å². The highest BCUT2D eigenvalue weighted by Crippen LogP contribution is 2.37. The van der Waals surface area contributed by atoms with Crippen LogP contribution in [0.4, 0.5) is 0 Å². The standard InChI is InChI=1S/C12H16BrNO/c1-12(15,5-9-2-3-9)6-10-4-11(13)8-14-7-10/h4,7-9,15H,2-3,5-6H2,1H3. The van der Waals surface area contributed by atoms with Crippen LogP contribution in [0.2, 0.25) is 0 Å². The summed E-state index contributed by atoms with van der Waals surface area (Å²) in [6.45, 7) is 1.92. The van der Waals surface area contributed by atoms with Crippen LogP contribution in [0.5, 0.6) is 0 Å². The normalized spacial score (nSPS) is 19.9. The molecular formula is C12H16BrNO. The van der Waals surface area contributed by atoms with Crippen LogP contribution >= 0.6 is 15.9 Å². The van der Waals surface area contributed by atoms with E-state index in [-0.39, 0.29) is 0 Å². The van der Waals surface area contributed by atoms with Crippen LogP contribution in [0.3, 0.4) is 0 Å². The van der Waals surface area contributed by atoms with E-state index < -0.39 is 5.60 Å². The third-order valence-electron chi connectivity index (χ3n) is 2.77. The molecule has 1 saturated carbocycles. The Morgan fingerprint density at radius 2 is 2.27 bits per heavy atom. The molecule has 1 N–H and O–H groups in total. The topological polar surface area (TPSA) is 33.1 Å². The van der Waals surface area contributed by atoms with Gasteiger partial charge in [-0.2, -0.15) is 0 Å². The van der Waals surface area contributed by atoms with Gasteiger partial charge in [0.2, 0.25) is 0 Å². The molecule has 2 nitrogen and oxygen atoms in total. The average Bonchev–Trinajstić information content (AvgIpc) is 2.86. The lowest BCUT2D eigenvalue weighted by atomic mass is 9.92. The third kappa shape index (κ3) is 3.58. The average molecular weight is 270 g/mol. The van der Waals surface area contributed by atoms with Gasteiger partial charge in [-0.1, -0.05) is 12.8 Å². The summed E-state index contributed by atoms with van der Waals surface area (Å²) < 4.78 is 0.974. The monoisotopic (exact) mass is 269 g/mol. The molecule has 1 fully saturated rings. The van der Waals surface area contributed by atoms with Gasteiger partial charge in [0.1, 0.15) is 0 Å². The first-order valence-corrected chi connectivity index (χ1v) is 6.16. The summed E-state index contributed by atoms with van der Waals surface area (Å²) in [6.07, 6.45) is 7.76. The molecule has 2 rings (SSSR count). The van der Waals surface area contributed by atoms with Crippen LogP contribution in [-0.2, 0) is 6.42 Å². The number of nitrogens with zero attached hydrogens (tertiary/aromatic N) is 1. The molecule has 3 heteroatoms. The molecule has 1 aliphatic rings. The Kier molecular flexibility index (Phi) is 3.12. The smallest absolute Gasteiger partial charge is 0.0663 e. The first-order chi connectivity index (χ1) is 7.05. The predicted octanol–water partition coefficient (Wildman–Crippen LogP) is 2.94. The lowest BCUT2D eigenvalue weighted by Gasteiger charge is -2.23. The largest absolute Gasteiger partial charge is 0.390 e. The van der Waals surface area contributed by atoms with Crippen molar-refractivity contribution in [3.05, 3.63) is 28.5 Å².